The molecule has 18 heavy (non-hydrogen) atoms. The third-order valence-electron chi connectivity index (χ3n) is 2.64. The van der Waals surface area contributed by atoms with Gasteiger partial charge in [-0.3, -0.25) is 4.79 Å². The standard InChI is InChI=1S/C11H12F2O5/c1-11(10(16)17)4-2-3-6(9(14)15)8(11)18-5-7(12)13/h2-4,7-8H,5H2,1H3,(H,14,15)(H,16,17). The van der Waals surface area contributed by atoms with Crippen molar-refractivity contribution >= 4 is 11.9 Å². The third kappa shape index (κ3) is 2.73. The number of ether oxygens (including phenoxy) is 1. The molecule has 5 nitrogen and oxygen atoms in total. The lowest BCUT2D eigenvalue weighted by molar-refractivity contribution is -0.155. The highest BCUT2D eigenvalue weighted by atomic mass is 19.3. The van der Waals surface area contributed by atoms with E-state index in [1.165, 1.54) is 19.1 Å². The Hall–Kier alpha value is -1.76. The lowest BCUT2D eigenvalue weighted by atomic mass is 9.77. The Morgan fingerprint density at radius 2 is 2.11 bits per heavy atom. The van der Waals surface area contributed by atoms with Crippen LogP contribution in [0.4, 0.5) is 8.78 Å². The molecular weight excluding hydrogens is 250 g/mol. The summed E-state index contributed by atoms with van der Waals surface area (Å²) < 4.78 is 29.0. The summed E-state index contributed by atoms with van der Waals surface area (Å²) in [6, 6.07) is 0. The van der Waals surface area contributed by atoms with Crippen molar-refractivity contribution in [2.24, 2.45) is 5.41 Å². The topological polar surface area (TPSA) is 83.8 Å². The molecule has 100 valence electrons. The molecule has 7 heteroatoms. The van der Waals surface area contributed by atoms with Gasteiger partial charge in [-0.1, -0.05) is 12.2 Å². The molecule has 2 N–H and O–H groups in total. The Bertz CT molecular complexity index is 416. The van der Waals surface area contributed by atoms with E-state index in [0.29, 0.717) is 0 Å². The summed E-state index contributed by atoms with van der Waals surface area (Å²) in [5.41, 5.74) is -2.04. The highest BCUT2D eigenvalue weighted by molar-refractivity contribution is 5.92. The van der Waals surface area contributed by atoms with Gasteiger partial charge in [0.15, 0.2) is 0 Å². The Morgan fingerprint density at radius 1 is 1.50 bits per heavy atom. The highest BCUT2D eigenvalue weighted by Gasteiger charge is 2.45. The molecule has 1 aliphatic rings. The van der Waals surface area contributed by atoms with Gasteiger partial charge in [-0.25, -0.2) is 13.6 Å². The van der Waals surface area contributed by atoms with Crippen molar-refractivity contribution < 1.29 is 33.3 Å². The summed E-state index contributed by atoms with van der Waals surface area (Å²) in [5.74, 6) is -2.74. The molecule has 0 spiro atoms. The summed E-state index contributed by atoms with van der Waals surface area (Å²) in [7, 11) is 0. The van der Waals surface area contributed by atoms with Gasteiger partial charge in [0, 0.05) is 0 Å². The zero-order valence-corrected chi connectivity index (χ0v) is 9.47. The summed E-state index contributed by atoms with van der Waals surface area (Å²) in [6.45, 7) is 0.198. The van der Waals surface area contributed by atoms with Crippen LogP contribution in [-0.2, 0) is 14.3 Å². The number of rotatable bonds is 5. The minimum atomic E-state index is -2.80. The van der Waals surface area contributed by atoms with Crippen molar-refractivity contribution in [2.45, 2.75) is 19.5 Å². The van der Waals surface area contributed by atoms with Gasteiger partial charge >= 0.3 is 11.9 Å². The van der Waals surface area contributed by atoms with E-state index in [9.17, 15) is 18.4 Å². The molecule has 0 saturated carbocycles. The number of aliphatic carboxylic acids is 2. The van der Waals surface area contributed by atoms with E-state index in [0.717, 1.165) is 6.08 Å². The molecule has 0 amide bonds. The van der Waals surface area contributed by atoms with Gasteiger partial charge in [-0.15, -0.1) is 0 Å². The molecule has 2 unspecified atom stereocenters. The van der Waals surface area contributed by atoms with Crippen LogP contribution in [0.2, 0.25) is 0 Å². The predicted octanol–water partition coefficient (Wildman–Crippen LogP) is 1.31. The van der Waals surface area contributed by atoms with E-state index >= 15 is 0 Å². The summed E-state index contributed by atoms with van der Waals surface area (Å²) >= 11 is 0. The SMILES string of the molecule is CC1(C(=O)O)C=CC=C(C(=O)O)C1OCC(F)F. The second-order valence-electron chi connectivity index (χ2n) is 3.98. The molecule has 0 aromatic heterocycles. The largest absolute Gasteiger partial charge is 0.481 e. The molecule has 0 heterocycles. The highest BCUT2D eigenvalue weighted by Crippen LogP contribution is 2.35. The zero-order valence-electron chi connectivity index (χ0n) is 9.47. The predicted molar refractivity (Wildman–Crippen MR) is 56.3 cm³/mol. The zero-order chi connectivity index (χ0) is 13.9. The van der Waals surface area contributed by atoms with Gasteiger partial charge in [0.2, 0.25) is 0 Å². The quantitative estimate of drug-likeness (QED) is 0.780. The molecule has 1 aliphatic carbocycles. The Morgan fingerprint density at radius 3 is 2.56 bits per heavy atom. The third-order valence-corrected chi connectivity index (χ3v) is 2.64. The molecule has 1 rings (SSSR count). The van der Waals surface area contributed by atoms with E-state index in [4.69, 9.17) is 14.9 Å². The lowest BCUT2D eigenvalue weighted by Crippen LogP contribution is -2.44. The minimum Gasteiger partial charge on any atom is -0.481 e. The maximum absolute atomic E-state index is 12.1. The fourth-order valence-corrected chi connectivity index (χ4v) is 1.65. The van der Waals surface area contributed by atoms with Crippen molar-refractivity contribution in [3.63, 3.8) is 0 Å². The minimum absolute atomic E-state index is 0.358. The van der Waals surface area contributed by atoms with Crippen LogP contribution in [-0.4, -0.2) is 41.3 Å². The first-order valence-corrected chi connectivity index (χ1v) is 5.05. The second-order valence-corrected chi connectivity index (χ2v) is 3.98. The molecule has 0 saturated heterocycles. The van der Waals surface area contributed by atoms with Gasteiger partial charge in [0.1, 0.15) is 18.1 Å². The Kier molecular flexibility index (Phi) is 4.18. The maximum atomic E-state index is 12.1. The molecule has 0 radical (unpaired) electrons. The monoisotopic (exact) mass is 262 g/mol. The first-order valence-electron chi connectivity index (χ1n) is 5.05. The number of carbonyl (C=O) groups is 2. The smallest absolute Gasteiger partial charge is 0.334 e. The van der Waals surface area contributed by atoms with Crippen LogP contribution in [0.15, 0.2) is 23.8 Å². The fraction of sp³-hybridized carbons (Fsp3) is 0.455. The number of halogens is 2. The number of hydrogen-bond acceptors (Lipinski definition) is 3. The molecule has 0 fully saturated rings. The van der Waals surface area contributed by atoms with Crippen LogP contribution in [0.1, 0.15) is 6.92 Å². The first kappa shape index (κ1) is 14.3. The van der Waals surface area contributed by atoms with E-state index in [1.54, 1.807) is 0 Å². The van der Waals surface area contributed by atoms with Crippen molar-refractivity contribution in [1.29, 1.82) is 0 Å². The molecular formula is C11H12F2O5. The molecule has 0 aliphatic heterocycles. The van der Waals surface area contributed by atoms with E-state index in [1.807, 2.05) is 0 Å². The van der Waals surface area contributed by atoms with Crippen molar-refractivity contribution in [3.8, 4) is 0 Å². The maximum Gasteiger partial charge on any atom is 0.334 e. The van der Waals surface area contributed by atoms with Gasteiger partial charge in [0.25, 0.3) is 6.43 Å². The number of carboxylic acids is 2. The van der Waals surface area contributed by atoms with E-state index in [-0.39, 0.29) is 5.57 Å². The van der Waals surface area contributed by atoms with Gasteiger partial charge < -0.3 is 14.9 Å². The molecule has 0 aromatic rings. The number of hydrogen-bond donors (Lipinski definition) is 2. The van der Waals surface area contributed by atoms with E-state index in [2.05, 4.69) is 0 Å². The van der Waals surface area contributed by atoms with Crippen molar-refractivity contribution in [2.75, 3.05) is 6.61 Å². The Labute approximate surface area is 101 Å². The first-order chi connectivity index (χ1) is 8.29. The molecule has 2 atom stereocenters. The van der Waals surface area contributed by atoms with Gasteiger partial charge in [0.05, 0.1) is 5.57 Å². The Balaban J connectivity index is 3.06. The van der Waals surface area contributed by atoms with Crippen molar-refractivity contribution in [1.82, 2.24) is 0 Å². The van der Waals surface area contributed by atoms with Crippen LogP contribution in [0, 0.1) is 5.41 Å². The van der Waals surface area contributed by atoms with Crippen LogP contribution < -0.4 is 0 Å². The number of alkyl halides is 2. The molecule has 0 bridgehead atoms. The summed E-state index contributed by atoms with van der Waals surface area (Å²) in [4.78, 5) is 22.1. The fourth-order valence-electron chi connectivity index (χ4n) is 1.65. The average molecular weight is 262 g/mol. The molecule has 0 aromatic carbocycles. The van der Waals surface area contributed by atoms with E-state index < -0.39 is 36.5 Å². The van der Waals surface area contributed by atoms with Crippen molar-refractivity contribution in [3.05, 3.63) is 23.8 Å². The number of allylic oxidation sites excluding steroid dienone is 2. The van der Waals surface area contributed by atoms with Crippen LogP contribution >= 0.6 is 0 Å². The normalized spacial score (nSPS) is 27.1. The number of carboxylic acid groups (broad SMARTS) is 2. The second kappa shape index (κ2) is 5.26. The summed E-state index contributed by atoms with van der Waals surface area (Å²) in [5, 5.41) is 18.0. The average Bonchev–Trinajstić information content (AvgIpc) is 2.26. The van der Waals surface area contributed by atoms with Crippen LogP contribution in [0.25, 0.3) is 0 Å². The van der Waals surface area contributed by atoms with Crippen LogP contribution in [0.5, 0.6) is 0 Å². The van der Waals surface area contributed by atoms with Crippen LogP contribution in [0.3, 0.4) is 0 Å². The summed E-state index contributed by atoms with van der Waals surface area (Å²) in [6.07, 6.45) is -0.628. The van der Waals surface area contributed by atoms with Gasteiger partial charge in [-0.2, -0.15) is 0 Å². The lowest BCUT2D eigenvalue weighted by Gasteiger charge is -2.33. The van der Waals surface area contributed by atoms with Gasteiger partial charge in [-0.05, 0) is 13.0 Å².